The van der Waals surface area contributed by atoms with Gasteiger partial charge < -0.3 is 15.0 Å². The number of carbonyl (C=O) groups excluding carboxylic acids is 2. The van der Waals surface area contributed by atoms with E-state index in [-0.39, 0.29) is 22.9 Å². The van der Waals surface area contributed by atoms with Gasteiger partial charge in [-0.1, -0.05) is 13.8 Å². The zero-order valence-corrected chi connectivity index (χ0v) is 14.2. The van der Waals surface area contributed by atoms with E-state index in [1.807, 2.05) is 13.8 Å². The molecule has 1 fully saturated rings. The molecular weight excluding hydrogens is 308 g/mol. The molecule has 1 saturated heterocycles. The first kappa shape index (κ1) is 16.9. The van der Waals surface area contributed by atoms with Crippen LogP contribution in [0.2, 0.25) is 0 Å². The minimum atomic E-state index is -0.436. The van der Waals surface area contributed by atoms with Crippen LogP contribution in [0.15, 0.2) is 10.9 Å². The van der Waals surface area contributed by atoms with Crippen molar-refractivity contribution in [1.82, 2.24) is 10.3 Å². The Morgan fingerprint density at radius 3 is 2.88 bits per heavy atom. The summed E-state index contributed by atoms with van der Waals surface area (Å²) in [5.41, 5.74) is 0.510. The van der Waals surface area contributed by atoms with Crippen molar-refractivity contribution >= 4 is 11.7 Å². The summed E-state index contributed by atoms with van der Waals surface area (Å²) in [6.07, 6.45) is 4.05. The van der Waals surface area contributed by atoms with E-state index in [1.54, 1.807) is 0 Å². The van der Waals surface area contributed by atoms with E-state index in [0.717, 1.165) is 25.9 Å². The molecule has 0 unspecified atom stereocenters. The van der Waals surface area contributed by atoms with Crippen LogP contribution in [0.5, 0.6) is 0 Å². The summed E-state index contributed by atoms with van der Waals surface area (Å²) < 4.78 is 5.51. The molecule has 1 amide bonds. The van der Waals surface area contributed by atoms with Crippen LogP contribution < -0.4 is 10.9 Å². The maximum atomic E-state index is 12.3. The number of H-pyrrole nitrogens is 1. The summed E-state index contributed by atoms with van der Waals surface area (Å²) in [5.74, 6) is -0.458. The molecule has 0 spiro atoms. The van der Waals surface area contributed by atoms with Crippen molar-refractivity contribution in [2.75, 3.05) is 13.2 Å². The quantitative estimate of drug-likeness (QED) is 0.880. The van der Waals surface area contributed by atoms with Crippen LogP contribution in [0.25, 0.3) is 0 Å². The number of aromatic nitrogens is 1. The molecule has 130 valence electrons. The fourth-order valence-corrected chi connectivity index (χ4v) is 3.51. The maximum absolute atomic E-state index is 12.3. The topological polar surface area (TPSA) is 88.3 Å². The highest BCUT2D eigenvalue weighted by Gasteiger charge is 2.32. The number of amides is 1. The number of fused-ring (bicyclic) bond motifs is 1. The largest absolute Gasteiger partial charge is 0.378 e. The molecule has 2 N–H and O–H groups in total. The molecule has 1 aromatic rings. The molecule has 2 aliphatic rings. The highest BCUT2D eigenvalue weighted by Crippen LogP contribution is 2.33. The highest BCUT2D eigenvalue weighted by molar-refractivity contribution is 6.02. The van der Waals surface area contributed by atoms with Crippen molar-refractivity contribution in [1.29, 1.82) is 0 Å². The number of carbonyl (C=O) groups is 2. The van der Waals surface area contributed by atoms with Gasteiger partial charge in [0.05, 0.1) is 6.10 Å². The molecule has 6 nitrogen and oxygen atoms in total. The fourth-order valence-electron chi connectivity index (χ4n) is 3.51. The molecule has 0 saturated carbocycles. The first-order valence-electron chi connectivity index (χ1n) is 8.55. The number of aromatic amines is 1. The third kappa shape index (κ3) is 3.59. The zero-order valence-electron chi connectivity index (χ0n) is 14.2. The molecule has 0 bridgehead atoms. The van der Waals surface area contributed by atoms with Crippen LogP contribution in [0, 0.1) is 5.41 Å². The van der Waals surface area contributed by atoms with E-state index in [4.69, 9.17) is 4.74 Å². The second-order valence-electron chi connectivity index (χ2n) is 7.52. The molecule has 0 aromatic carbocycles. The SMILES string of the molecule is CC1(C)CC(=O)c2cc(C(=O)NCC[C@@H]3CCCO3)c(=O)[nH]c2C1. The highest BCUT2D eigenvalue weighted by atomic mass is 16.5. The van der Waals surface area contributed by atoms with Crippen molar-refractivity contribution in [3.05, 3.63) is 33.2 Å². The van der Waals surface area contributed by atoms with Gasteiger partial charge in [0.1, 0.15) is 5.56 Å². The van der Waals surface area contributed by atoms with Crippen LogP contribution in [-0.2, 0) is 11.2 Å². The molecule has 1 aliphatic heterocycles. The predicted molar refractivity (Wildman–Crippen MR) is 89.4 cm³/mol. The van der Waals surface area contributed by atoms with Crippen molar-refractivity contribution in [2.24, 2.45) is 5.41 Å². The second kappa shape index (κ2) is 6.51. The lowest BCUT2D eigenvalue weighted by molar-refractivity contribution is 0.0906. The number of nitrogens with one attached hydrogen (secondary N) is 2. The van der Waals surface area contributed by atoms with Crippen LogP contribution in [0.3, 0.4) is 0 Å². The molecule has 1 aliphatic carbocycles. The molecule has 2 heterocycles. The first-order chi connectivity index (χ1) is 11.4. The Bertz CT molecular complexity index is 714. The lowest BCUT2D eigenvalue weighted by Gasteiger charge is -2.29. The van der Waals surface area contributed by atoms with Crippen LogP contribution in [-0.4, -0.2) is 35.9 Å². The minimum absolute atomic E-state index is 0.00847. The van der Waals surface area contributed by atoms with Gasteiger partial charge in [-0.15, -0.1) is 0 Å². The number of rotatable bonds is 4. The van der Waals surface area contributed by atoms with Crippen molar-refractivity contribution in [3.8, 4) is 0 Å². The number of hydrogen-bond donors (Lipinski definition) is 2. The Hall–Kier alpha value is -1.95. The summed E-state index contributed by atoms with van der Waals surface area (Å²) in [5, 5.41) is 2.75. The van der Waals surface area contributed by atoms with Crippen LogP contribution >= 0.6 is 0 Å². The van der Waals surface area contributed by atoms with E-state index in [0.29, 0.717) is 30.6 Å². The summed E-state index contributed by atoms with van der Waals surface area (Å²) in [6.45, 7) is 5.23. The standard InChI is InChI=1S/C18H24N2O4/c1-18(2)9-14-12(15(21)10-18)8-13(17(23)20-14)16(22)19-6-5-11-4-3-7-24-11/h8,11H,3-7,9-10H2,1-2H3,(H,19,22)(H,20,23)/t11-/m0/s1. The zero-order chi connectivity index (χ0) is 17.3. The second-order valence-corrected chi connectivity index (χ2v) is 7.52. The number of ether oxygens (including phenoxy) is 1. The monoisotopic (exact) mass is 332 g/mol. The van der Waals surface area contributed by atoms with Crippen molar-refractivity contribution < 1.29 is 14.3 Å². The van der Waals surface area contributed by atoms with Crippen LogP contribution in [0.4, 0.5) is 0 Å². The van der Waals surface area contributed by atoms with Gasteiger partial charge in [0.2, 0.25) is 0 Å². The van der Waals surface area contributed by atoms with Gasteiger partial charge >= 0.3 is 0 Å². The van der Waals surface area contributed by atoms with Crippen molar-refractivity contribution in [3.63, 3.8) is 0 Å². The Kier molecular flexibility index (Phi) is 4.58. The van der Waals surface area contributed by atoms with Gasteiger partial charge in [-0.25, -0.2) is 0 Å². The molecule has 0 radical (unpaired) electrons. The van der Waals surface area contributed by atoms with Gasteiger partial charge in [-0.3, -0.25) is 14.4 Å². The normalized spacial score (nSPS) is 22.2. The smallest absolute Gasteiger partial charge is 0.261 e. The van der Waals surface area contributed by atoms with E-state index < -0.39 is 11.5 Å². The minimum Gasteiger partial charge on any atom is -0.378 e. The average Bonchev–Trinajstić information content (AvgIpc) is 2.98. The predicted octanol–water partition coefficient (Wildman–Crippen LogP) is 1.83. The van der Waals surface area contributed by atoms with E-state index >= 15 is 0 Å². The summed E-state index contributed by atoms with van der Waals surface area (Å²) in [7, 11) is 0. The van der Waals surface area contributed by atoms with Gasteiger partial charge in [-0.2, -0.15) is 0 Å². The van der Waals surface area contributed by atoms with E-state index in [1.165, 1.54) is 6.07 Å². The van der Waals surface area contributed by atoms with E-state index in [2.05, 4.69) is 10.3 Å². The third-order valence-electron chi connectivity index (χ3n) is 4.74. The third-order valence-corrected chi connectivity index (χ3v) is 4.74. The Morgan fingerprint density at radius 2 is 2.17 bits per heavy atom. The molecule has 24 heavy (non-hydrogen) atoms. The Morgan fingerprint density at radius 1 is 1.38 bits per heavy atom. The molecule has 1 aromatic heterocycles. The Balaban J connectivity index is 1.72. The summed E-state index contributed by atoms with van der Waals surface area (Å²) in [4.78, 5) is 39.5. The fraction of sp³-hybridized carbons (Fsp3) is 0.611. The average molecular weight is 332 g/mol. The molecule has 6 heteroatoms. The maximum Gasteiger partial charge on any atom is 0.261 e. The lowest BCUT2D eigenvalue weighted by Crippen LogP contribution is -2.35. The molecule has 1 atom stereocenters. The molecule has 3 rings (SSSR count). The number of Topliss-reactive ketones (excluding diaryl/α,β-unsaturated/α-hetero) is 1. The van der Waals surface area contributed by atoms with Gasteiger partial charge in [-0.05, 0) is 37.2 Å². The number of pyridine rings is 1. The van der Waals surface area contributed by atoms with E-state index in [9.17, 15) is 14.4 Å². The first-order valence-corrected chi connectivity index (χ1v) is 8.55. The van der Waals surface area contributed by atoms with Gasteiger partial charge in [0, 0.05) is 30.8 Å². The van der Waals surface area contributed by atoms with Gasteiger partial charge in [0.25, 0.3) is 11.5 Å². The number of ketones is 1. The molecular formula is C18H24N2O4. The lowest BCUT2D eigenvalue weighted by atomic mass is 9.75. The number of hydrogen-bond acceptors (Lipinski definition) is 4. The van der Waals surface area contributed by atoms with Crippen LogP contribution in [0.1, 0.15) is 65.9 Å². The summed E-state index contributed by atoms with van der Waals surface area (Å²) >= 11 is 0. The Labute approximate surface area is 141 Å². The van der Waals surface area contributed by atoms with Crippen molar-refractivity contribution in [2.45, 2.75) is 52.1 Å². The summed E-state index contributed by atoms with van der Waals surface area (Å²) in [6, 6.07) is 1.45. The van der Waals surface area contributed by atoms with Gasteiger partial charge in [0.15, 0.2) is 5.78 Å².